The second kappa shape index (κ2) is 5.78. The van der Waals surface area contributed by atoms with Crippen LogP contribution in [0.25, 0.3) is 16.7 Å². The largest absolute Gasteiger partial charge is 0.378 e. The van der Waals surface area contributed by atoms with E-state index in [2.05, 4.69) is 20.9 Å². The molecule has 4 rings (SSSR count). The van der Waals surface area contributed by atoms with E-state index in [4.69, 9.17) is 20.2 Å². The highest BCUT2D eigenvalue weighted by Gasteiger charge is 2.22. The second-order valence-electron chi connectivity index (χ2n) is 5.73. The van der Waals surface area contributed by atoms with Gasteiger partial charge < -0.3 is 24.7 Å². The SMILES string of the molecule is Cn1c(C2=CCOCC2)nc2c(N3CCOCC3)nc(N)nc21. The van der Waals surface area contributed by atoms with E-state index in [1.165, 1.54) is 5.57 Å². The molecule has 0 saturated carbocycles. The van der Waals surface area contributed by atoms with Crippen LogP contribution in [0.2, 0.25) is 0 Å². The molecule has 0 radical (unpaired) electrons. The van der Waals surface area contributed by atoms with Gasteiger partial charge in [-0.2, -0.15) is 9.97 Å². The lowest BCUT2D eigenvalue weighted by molar-refractivity contribution is 0.122. The molecule has 8 heteroatoms. The van der Waals surface area contributed by atoms with E-state index >= 15 is 0 Å². The molecule has 2 N–H and O–H groups in total. The number of morpholine rings is 1. The van der Waals surface area contributed by atoms with E-state index in [1.54, 1.807) is 0 Å². The van der Waals surface area contributed by atoms with Crippen molar-refractivity contribution in [3.05, 3.63) is 11.9 Å². The first-order valence-corrected chi connectivity index (χ1v) is 7.84. The van der Waals surface area contributed by atoms with Crippen molar-refractivity contribution in [1.29, 1.82) is 0 Å². The molecule has 0 bridgehead atoms. The van der Waals surface area contributed by atoms with Crippen LogP contribution in [0.1, 0.15) is 12.2 Å². The molecule has 23 heavy (non-hydrogen) atoms. The van der Waals surface area contributed by atoms with Gasteiger partial charge in [-0.15, -0.1) is 0 Å². The molecule has 0 spiro atoms. The van der Waals surface area contributed by atoms with Crippen molar-refractivity contribution in [3.8, 4) is 0 Å². The smallest absolute Gasteiger partial charge is 0.224 e. The van der Waals surface area contributed by atoms with Crippen LogP contribution in [0.4, 0.5) is 11.8 Å². The minimum absolute atomic E-state index is 0.273. The summed E-state index contributed by atoms with van der Waals surface area (Å²) in [5.74, 6) is 1.98. The molecule has 0 unspecified atom stereocenters. The lowest BCUT2D eigenvalue weighted by Crippen LogP contribution is -2.37. The number of rotatable bonds is 2. The molecule has 2 aliphatic rings. The Morgan fingerprint density at radius 1 is 1.09 bits per heavy atom. The van der Waals surface area contributed by atoms with Gasteiger partial charge in [0, 0.05) is 20.1 Å². The van der Waals surface area contributed by atoms with Crippen LogP contribution in [-0.4, -0.2) is 59.0 Å². The molecule has 0 atom stereocenters. The molecule has 2 aromatic heterocycles. The second-order valence-corrected chi connectivity index (χ2v) is 5.73. The lowest BCUT2D eigenvalue weighted by atomic mass is 10.1. The Bertz CT molecular complexity index is 763. The molecular formula is C15H20N6O2. The highest BCUT2D eigenvalue weighted by molar-refractivity contribution is 5.87. The first-order valence-electron chi connectivity index (χ1n) is 7.84. The van der Waals surface area contributed by atoms with Crippen LogP contribution in [0.3, 0.4) is 0 Å². The fourth-order valence-corrected chi connectivity index (χ4v) is 3.08. The Morgan fingerprint density at radius 3 is 2.65 bits per heavy atom. The third kappa shape index (κ3) is 2.53. The summed E-state index contributed by atoms with van der Waals surface area (Å²) in [6, 6.07) is 0. The molecule has 8 nitrogen and oxygen atoms in total. The normalized spacial score (nSPS) is 19.2. The fraction of sp³-hybridized carbons (Fsp3) is 0.533. The number of fused-ring (bicyclic) bond motifs is 1. The molecule has 2 aliphatic heterocycles. The average Bonchev–Trinajstić information content (AvgIpc) is 2.93. The summed E-state index contributed by atoms with van der Waals surface area (Å²) in [6.07, 6.45) is 2.93. The highest BCUT2D eigenvalue weighted by atomic mass is 16.5. The maximum Gasteiger partial charge on any atom is 0.224 e. The van der Waals surface area contributed by atoms with Gasteiger partial charge in [-0.3, -0.25) is 0 Å². The van der Waals surface area contributed by atoms with Gasteiger partial charge in [0.15, 0.2) is 17.0 Å². The number of nitrogens with two attached hydrogens (primary N) is 1. The molecule has 0 aliphatic carbocycles. The Balaban J connectivity index is 1.85. The van der Waals surface area contributed by atoms with Crippen molar-refractivity contribution < 1.29 is 9.47 Å². The molecule has 0 aromatic carbocycles. The molecule has 2 aromatic rings. The van der Waals surface area contributed by atoms with Gasteiger partial charge in [0.25, 0.3) is 0 Å². The van der Waals surface area contributed by atoms with Crippen molar-refractivity contribution in [2.45, 2.75) is 6.42 Å². The molecule has 0 amide bonds. The van der Waals surface area contributed by atoms with Crippen LogP contribution >= 0.6 is 0 Å². The molecule has 1 saturated heterocycles. The lowest BCUT2D eigenvalue weighted by Gasteiger charge is -2.27. The summed E-state index contributed by atoms with van der Waals surface area (Å²) in [5, 5.41) is 0. The van der Waals surface area contributed by atoms with Crippen molar-refractivity contribution in [2.24, 2.45) is 7.05 Å². The molecular weight excluding hydrogens is 296 g/mol. The molecule has 122 valence electrons. The van der Waals surface area contributed by atoms with E-state index in [9.17, 15) is 0 Å². The highest BCUT2D eigenvalue weighted by Crippen LogP contribution is 2.29. The van der Waals surface area contributed by atoms with Gasteiger partial charge in [0.1, 0.15) is 5.82 Å². The third-order valence-electron chi connectivity index (χ3n) is 4.28. The number of ether oxygens (including phenoxy) is 2. The summed E-state index contributed by atoms with van der Waals surface area (Å²) in [4.78, 5) is 15.8. The predicted octanol–water partition coefficient (Wildman–Crippen LogP) is 0.586. The zero-order valence-electron chi connectivity index (χ0n) is 13.2. The van der Waals surface area contributed by atoms with Gasteiger partial charge in [0.05, 0.1) is 26.4 Å². The monoisotopic (exact) mass is 316 g/mol. The van der Waals surface area contributed by atoms with Crippen LogP contribution in [0, 0.1) is 0 Å². The van der Waals surface area contributed by atoms with Gasteiger partial charge in [-0.1, -0.05) is 6.08 Å². The average molecular weight is 316 g/mol. The van der Waals surface area contributed by atoms with Gasteiger partial charge in [-0.25, -0.2) is 4.98 Å². The first-order chi connectivity index (χ1) is 11.2. The predicted molar refractivity (Wildman–Crippen MR) is 87.2 cm³/mol. The van der Waals surface area contributed by atoms with E-state index in [0.717, 1.165) is 48.9 Å². The number of nitrogens with zero attached hydrogens (tertiary/aromatic N) is 5. The number of nitrogen functional groups attached to an aromatic ring is 1. The maximum absolute atomic E-state index is 5.93. The zero-order chi connectivity index (χ0) is 15.8. The van der Waals surface area contributed by atoms with E-state index < -0.39 is 0 Å². The van der Waals surface area contributed by atoms with Crippen molar-refractivity contribution in [2.75, 3.05) is 50.2 Å². The van der Waals surface area contributed by atoms with Crippen LogP contribution < -0.4 is 10.6 Å². The minimum atomic E-state index is 0.273. The van der Waals surface area contributed by atoms with Gasteiger partial charge in [-0.05, 0) is 12.0 Å². The van der Waals surface area contributed by atoms with Gasteiger partial charge in [0.2, 0.25) is 5.95 Å². The maximum atomic E-state index is 5.93. The number of hydrogen-bond donors (Lipinski definition) is 1. The number of imidazole rings is 1. The first kappa shape index (κ1) is 14.4. The standard InChI is InChI=1S/C15H20N6O2/c1-20-12(10-2-6-22-7-3-10)17-11-13(20)18-15(16)19-14(11)21-4-8-23-9-5-21/h2H,3-9H2,1H3,(H2,16,18,19). The van der Waals surface area contributed by atoms with Crippen LogP contribution in [0.15, 0.2) is 6.08 Å². The number of aryl methyl sites for hydroxylation is 1. The van der Waals surface area contributed by atoms with E-state index in [-0.39, 0.29) is 5.95 Å². The van der Waals surface area contributed by atoms with E-state index in [1.807, 2.05) is 11.6 Å². The fourth-order valence-electron chi connectivity index (χ4n) is 3.08. The number of aromatic nitrogens is 4. The van der Waals surface area contributed by atoms with Crippen LogP contribution in [0.5, 0.6) is 0 Å². The van der Waals surface area contributed by atoms with Gasteiger partial charge >= 0.3 is 0 Å². The quantitative estimate of drug-likeness (QED) is 0.866. The summed E-state index contributed by atoms with van der Waals surface area (Å²) >= 11 is 0. The summed E-state index contributed by atoms with van der Waals surface area (Å²) in [7, 11) is 1.97. The zero-order valence-corrected chi connectivity index (χ0v) is 13.2. The summed E-state index contributed by atoms with van der Waals surface area (Å²) in [5.41, 5.74) is 8.68. The topological polar surface area (TPSA) is 91.3 Å². The minimum Gasteiger partial charge on any atom is -0.378 e. The number of anilines is 2. The molecule has 1 fully saturated rings. The summed E-state index contributed by atoms with van der Waals surface area (Å²) < 4.78 is 12.8. The van der Waals surface area contributed by atoms with Crippen molar-refractivity contribution >= 4 is 28.5 Å². The van der Waals surface area contributed by atoms with Crippen LogP contribution in [-0.2, 0) is 16.5 Å². The number of hydrogen-bond acceptors (Lipinski definition) is 7. The Morgan fingerprint density at radius 2 is 1.91 bits per heavy atom. The molecule has 4 heterocycles. The Hall–Kier alpha value is -2.19. The van der Waals surface area contributed by atoms with Crippen molar-refractivity contribution in [3.63, 3.8) is 0 Å². The van der Waals surface area contributed by atoms with Crippen molar-refractivity contribution in [1.82, 2.24) is 19.5 Å². The van der Waals surface area contributed by atoms with E-state index in [0.29, 0.717) is 19.8 Å². The summed E-state index contributed by atoms with van der Waals surface area (Å²) in [6.45, 7) is 4.30. The third-order valence-corrected chi connectivity index (χ3v) is 4.28. The Kier molecular flexibility index (Phi) is 3.62. The Labute approximate surface area is 133 Å².